The summed E-state index contributed by atoms with van der Waals surface area (Å²) in [5.74, 6) is 0.0888. The topological polar surface area (TPSA) is 43.4 Å². The molecule has 0 aromatic carbocycles. The second kappa shape index (κ2) is 7.43. The van der Waals surface area contributed by atoms with Gasteiger partial charge in [0.05, 0.1) is 0 Å². The fourth-order valence-electron chi connectivity index (χ4n) is 1.46. The highest BCUT2D eigenvalue weighted by atomic mass is 16.6. The Morgan fingerprint density at radius 1 is 1.13 bits per heavy atom. The number of hydrogen-bond donors (Lipinski definition) is 0. The zero-order valence-corrected chi connectivity index (χ0v) is 10.2. The van der Waals surface area contributed by atoms with Crippen LogP contribution in [0, 0.1) is 11.8 Å². The highest BCUT2D eigenvalue weighted by Gasteiger charge is 2.11. The number of esters is 2. The molecule has 3 heteroatoms. The number of hydrogen-bond acceptors (Lipinski definition) is 3. The molecule has 3 nitrogen and oxygen atoms in total. The van der Waals surface area contributed by atoms with E-state index >= 15 is 0 Å². The Kier molecular flexibility index (Phi) is 7.01. The lowest BCUT2D eigenvalue weighted by Gasteiger charge is -2.10. The molecule has 0 aliphatic rings. The molecule has 0 bridgehead atoms. The van der Waals surface area contributed by atoms with Gasteiger partial charge in [0.2, 0.25) is 0 Å². The molecule has 0 amide bonds. The van der Waals surface area contributed by atoms with Crippen LogP contribution >= 0.6 is 0 Å². The molecule has 0 heterocycles. The largest absolute Gasteiger partial charge is 0.393 e. The summed E-state index contributed by atoms with van der Waals surface area (Å²) in [5, 5.41) is 0. The summed E-state index contributed by atoms with van der Waals surface area (Å²) >= 11 is 0. The fraction of sp³-hybridized carbons (Fsp3) is 0.833. The zero-order chi connectivity index (χ0) is 11.8. The van der Waals surface area contributed by atoms with E-state index in [0.717, 1.165) is 12.8 Å². The molecule has 1 atom stereocenters. The quantitative estimate of drug-likeness (QED) is 0.504. The number of rotatable bonds is 6. The Hall–Kier alpha value is -0.860. The van der Waals surface area contributed by atoms with E-state index in [1.54, 1.807) is 0 Å². The van der Waals surface area contributed by atoms with E-state index in [1.165, 1.54) is 13.3 Å². The third kappa shape index (κ3) is 9.44. The van der Waals surface area contributed by atoms with E-state index < -0.39 is 11.9 Å². The molecule has 88 valence electrons. The predicted molar refractivity (Wildman–Crippen MR) is 59.2 cm³/mol. The molecule has 1 unspecified atom stereocenters. The summed E-state index contributed by atoms with van der Waals surface area (Å²) in [4.78, 5) is 21.6. The maximum absolute atomic E-state index is 11.1. The molecule has 0 saturated heterocycles. The van der Waals surface area contributed by atoms with Gasteiger partial charge >= 0.3 is 11.9 Å². The first-order valence-corrected chi connectivity index (χ1v) is 5.63. The average molecular weight is 214 g/mol. The SMILES string of the molecule is CC(=O)OC(=O)CC(C)CCCC(C)C. The van der Waals surface area contributed by atoms with Gasteiger partial charge < -0.3 is 4.74 Å². The lowest BCUT2D eigenvalue weighted by Crippen LogP contribution is -2.12. The van der Waals surface area contributed by atoms with E-state index in [0.29, 0.717) is 18.3 Å². The van der Waals surface area contributed by atoms with Crippen molar-refractivity contribution in [2.45, 2.75) is 53.4 Å². The van der Waals surface area contributed by atoms with Crippen molar-refractivity contribution in [1.82, 2.24) is 0 Å². The van der Waals surface area contributed by atoms with Gasteiger partial charge in [0, 0.05) is 13.3 Å². The first-order valence-electron chi connectivity index (χ1n) is 5.63. The molecular formula is C12H22O3. The molecule has 0 aromatic rings. The van der Waals surface area contributed by atoms with Crippen LogP contribution in [0.2, 0.25) is 0 Å². The van der Waals surface area contributed by atoms with Gasteiger partial charge in [-0.1, -0.05) is 40.0 Å². The third-order valence-electron chi connectivity index (χ3n) is 2.25. The fourth-order valence-corrected chi connectivity index (χ4v) is 1.46. The van der Waals surface area contributed by atoms with Crippen LogP contribution in [0.25, 0.3) is 0 Å². The molecule has 0 radical (unpaired) electrons. The third-order valence-corrected chi connectivity index (χ3v) is 2.25. The Balaban J connectivity index is 3.59. The Labute approximate surface area is 92.2 Å². The summed E-state index contributed by atoms with van der Waals surface area (Å²) in [7, 11) is 0. The molecule has 15 heavy (non-hydrogen) atoms. The van der Waals surface area contributed by atoms with Crippen LogP contribution in [0.3, 0.4) is 0 Å². The van der Waals surface area contributed by atoms with Crippen LogP contribution < -0.4 is 0 Å². The smallest absolute Gasteiger partial charge is 0.313 e. The standard InChI is InChI=1S/C12H22O3/c1-9(2)6-5-7-10(3)8-12(14)15-11(4)13/h9-10H,5-8H2,1-4H3. The maximum atomic E-state index is 11.1. The van der Waals surface area contributed by atoms with Crippen molar-refractivity contribution < 1.29 is 14.3 Å². The van der Waals surface area contributed by atoms with Gasteiger partial charge in [-0.15, -0.1) is 0 Å². The van der Waals surface area contributed by atoms with Crippen LogP contribution in [-0.4, -0.2) is 11.9 Å². The normalized spacial score (nSPS) is 12.6. The second-order valence-electron chi connectivity index (χ2n) is 4.60. The van der Waals surface area contributed by atoms with E-state index in [-0.39, 0.29) is 0 Å². The number of ether oxygens (including phenoxy) is 1. The molecular weight excluding hydrogens is 192 g/mol. The van der Waals surface area contributed by atoms with E-state index in [1.807, 2.05) is 6.92 Å². The van der Waals surface area contributed by atoms with Gasteiger partial charge in [0.15, 0.2) is 0 Å². The van der Waals surface area contributed by atoms with Crippen molar-refractivity contribution in [2.75, 3.05) is 0 Å². The van der Waals surface area contributed by atoms with Gasteiger partial charge in [-0.2, -0.15) is 0 Å². The van der Waals surface area contributed by atoms with Gasteiger partial charge in [-0.3, -0.25) is 9.59 Å². The zero-order valence-electron chi connectivity index (χ0n) is 10.2. The Morgan fingerprint density at radius 3 is 2.20 bits per heavy atom. The van der Waals surface area contributed by atoms with Gasteiger partial charge in [-0.25, -0.2) is 0 Å². The van der Waals surface area contributed by atoms with Crippen LogP contribution in [0.15, 0.2) is 0 Å². The predicted octanol–water partition coefficient (Wildman–Crippen LogP) is 2.93. The number of carbonyl (C=O) groups is 2. The molecule has 0 N–H and O–H groups in total. The van der Waals surface area contributed by atoms with Crippen molar-refractivity contribution in [3.8, 4) is 0 Å². The molecule has 0 fully saturated rings. The van der Waals surface area contributed by atoms with Gasteiger partial charge in [0.25, 0.3) is 0 Å². The van der Waals surface area contributed by atoms with Crippen LogP contribution in [-0.2, 0) is 14.3 Å². The molecule has 0 spiro atoms. The summed E-state index contributed by atoms with van der Waals surface area (Å²) in [5.41, 5.74) is 0. The van der Waals surface area contributed by atoms with Crippen molar-refractivity contribution in [2.24, 2.45) is 11.8 Å². The summed E-state index contributed by atoms with van der Waals surface area (Å²) in [6.07, 6.45) is 3.68. The highest BCUT2D eigenvalue weighted by Crippen LogP contribution is 2.15. The van der Waals surface area contributed by atoms with Crippen molar-refractivity contribution in [3.05, 3.63) is 0 Å². The van der Waals surface area contributed by atoms with Crippen LogP contribution in [0.5, 0.6) is 0 Å². The molecule has 0 aliphatic carbocycles. The van der Waals surface area contributed by atoms with Crippen molar-refractivity contribution in [3.63, 3.8) is 0 Å². The van der Waals surface area contributed by atoms with Gasteiger partial charge in [-0.05, 0) is 11.8 Å². The van der Waals surface area contributed by atoms with Crippen LogP contribution in [0.4, 0.5) is 0 Å². The van der Waals surface area contributed by atoms with Crippen LogP contribution in [0.1, 0.15) is 53.4 Å². The molecule has 0 rings (SSSR count). The summed E-state index contributed by atoms with van der Waals surface area (Å²) in [6, 6.07) is 0. The second-order valence-corrected chi connectivity index (χ2v) is 4.60. The lowest BCUT2D eigenvalue weighted by molar-refractivity contribution is -0.158. The Morgan fingerprint density at radius 2 is 1.73 bits per heavy atom. The average Bonchev–Trinajstić information content (AvgIpc) is 2.00. The highest BCUT2D eigenvalue weighted by molar-refractivity contribution is 5.84. The van der Waals surface area contributed by atoms with Gasteiger partial charge in [0.1, 0.15) is 0 Å². The van der Waals surface area contributed by atoms with Crippen molar-refractivity contribution in [1.29, 1.82) is 0 Å². The van der Waals surface area contributed by atoms with E-state index in [4.69, 9.17) is 0 Å². The first kappa shape index (κ1) is 14.1. The molecule has 0 aliphatic heterocycles. The summed E-state index contributed by atoms with van der Waals surface area (Å²) in [6.45, 7) is 7.65. The number of carbonyl (C=O) groups excluding carboxylic acids is 2. The Bertz CT molecular complexity index is 209. The minimum Gasteiger partial charge on any atom is -0.393 e. The van der Waals surface area contributed by atoms with E-state index in [9.17, 15) is 9.59 Å². The maximum Gasteiger partial charge on any atom is 0.313 e. The molecule has 0 saturated carbocycles. The first-order chi connectivity index (χ1) is 6.91. The lowest BCUT2D eigenvalue weighted by atomic mass is 9.97. The molecule has 0 aromatic heterocycles. The van der Waals surface area contributed by atoms with Crippen molar-refractivity contribution >= 4 is 11.9 Å². The minimum atomic E-state index is -0.519. The summed E-state index contributed by atoms with van der Waals surface area (Å²) < 4.78 is 4.47. The van der Waals surface area contributed by atoms with E-state index in [2.05, 4.69) is 18.6 Å². The minimum absolute atomic E-state index is 0.301. The monoisotopic (exact) mass is 214 g/mol.